The van der Waals surface area contributed by atoms with Gasteiger partial charge < -0.3 is 10.1 Å². The summed E-state index contributed by atoms with van der Waals surface area (Å²) in [6, 6.07) is 1.75. The lowest BCUT2D eigenvalue weighted by Gasteiger charge is -2.12. The summed E-state index contributed by atoms with van der Waals surface area (Å²) in [6.07, 6.45) is 2.56. The first-order valence-corrected chi connectivity index (χ1v) is 6.43. The molecule has 0 saturated carbocycles. The smallest absolute Gasteiger partial charge is 0.135 e. The third kappa shape index (κ3) is 3.54. The van der Waals surface area contributed by atoms with Crippen molar-refractivity contribution in [3.05, 3.63) is 17.0 Å². The first-order valence-electron chi connectivity index (χ1n) is 6.05. The topological polar surface area (TPSA) is 47.0 Å². The van der Waals surface area contributed by atoms with E-state index in [-0.39, 0.29) is 5.92 Å². The first-order chi connectivity index (χ1) is 8.15. The molecule has 1 N–H and O–H groups in total. The number of aromatic nitrogens is 2. The van der Waals surface area contributed by atoms with E-state index in [1.54, 1.807) is 6.07 Å². The van der Waals surface area contributed by atoms with Crippen LogP contribution in [0.15, 0.2) is 6.07 Å². The Labute approximate surface area is 107 Å². The molecule has 1 aliphatic heterocycles. The lowest BCUT2D eigenvalue weighted by atomic mass is 10.2. The standard InChI is InChI=1S/C12H18ClN3O/c1-8(2)12-15-10(13)6-11(16-12)14-7-9-4-3-5-17-9/h6,8-9H,3-5,7H2,1-2H3,(H,14,15,16). The van der Waals surface area contributed by atoms with E-state index in [0.29, 0.717) is 11.3 Å². The third-order valence-corrected chi connectivity index (χ3v) is 2.96. The molecule has 0 amide bonds. The van der Waals surface area contributed by atoms with Gasteiger partial charge in [0.15, 0.2) is 0 Å². The van der Waals surface area contributed by atoms with Gasteiger partial charge in [0.25, 0.3) is 0 Å². The van der Waals surface area contributed by atoms with Crippen LogP contribution in [-0.2, 0) is 4.74 Å². The number of ether oxygens (including phenoxy) is 1. The minimum Gasteiger partial charge on any atom is -0.376 e. The summed E-state index contributed by atoms with van der Waals surface area (Å²) in [7, 11) is 0. The van der Waals surface area contributed by atoms with E-state index < -0.39 is 0 Å². The average Bonchev–Trinajstić information content (AvgIpc) is 2.78. The molecular weight excluding hydrogens is 238 g/mol. The predicted molar refractivity (Wildman–Crippen MR) is 68.6 cm³/mol. The van der Waals surface area contributed by atoms with Gasteiger partial charge in [-0.1, -0.05) is 25.4 Å². The molecule has 2 rings (SSSR count). The summed E-state index contributed by atoms with van der Waals surface area (Å²) >= 11 is 5.97. The molecule has 0 bridgehead atoms. The number of anilines is 1. The average molecular weight is 256 g/mol. The highest BCUT2D eigenvalue weighted by Gasteiger charge is 2.15. The van der Waals surface area contributed by atoms with Crippen molar-refractivity contribution in [2.45, 2.75) is 38.7 Å². The van der Waals surface area contributed by atoms with Crippen molar-refractivity contribution < 1.29 is 4.74 Å². The summed E-state index contributed by atoms with van der Waals surface area (Å²) in [5.74, 6) is 1.83. The molecule has 0 aromatic carbocycles. The van der Waals surface area contributed by atoms with Gasteiger partial charge in [-0.25, -0.2) is 9.97 Å². The van der Waals surface area contributed by atoms with Crippen LogP contribution in [-0.4, -0.2) is 29.2 Å². The second kappa shape index (κ2) is 5.65. The van der Waals surface area contributed by atoms with Crippen molar-refractivity contribution in [3.63, 3.8) is 0 Å². The van der Waals surface area contributed by atoms with Crippen LogP contribution in [0.4, 0.5) is 5.82 Å². The van der Waals surface area contributed by atoms with E-state index in [0.717, 1.165) is 37.6 Å². The van der Waals surface area contributed by atoms with Gasteiger partial charge >= 0.3 is 0 Å². The molecule has 1 aliphatic rings. The molecule has 1 unspecified atom stereocenters. The minimum absolute atomic E-state index is 0.275. The Morgan fingerprint density at radius 3 is 3.00 bits per heavy atom. The SMILES string of the molecule is CC(C)c1nc(Cl)cc(NCC2CCCO2)n1. The summed E-state index contributed by atoms with van der Waals surface area (Å²) in [5.41, 5.74) is 0. The highest BCUT2D eigenvalue weighted by Crippen LogP contribution is 2.18. The van der Waals surface area contributed by atoms with Crippen molar-refractivity contribution in [2.24, 2.45) is 0 Å². The molecule has 0 spiro atoms. The molecule has 1 fully saturated rings. The van der Waals surface area contributed by atoms with E-state index in [9.17, 15) is 0 Å². The van der Waals surface area contributed by atoms with Gasteiger partial charge in [0.2, 0.25) is 0 Å². The number of nitrogens with one attached hydrogen (secondary N) is 1. The van der Waals surface area contributed by atoms with Gasteiger partial charge in [0.05, 0.1) is 6.10 Å². The largest absolute Gasteiger partial charge is 0.376 e. The Morgan fingerprint density at radius 1 is 1.53 bits per heavy atom. The van der Waals surface area contributed by atoms with Gasteiger partial charge in [-0.05, 0) is 12.8 Å². The van der Waals surface area contributed by atoms with Crippen molar-refractivity contribution in [2.75, 3.05) is 18.5 Å². The Hall–Kier alpha value is -0.870. The van der Waals surface area contributed by atoms with Gasteiger partial charge in [-0.3, -0.25) is 0 Å². The van der Waals surface area contributed by atoms with E-state index in [4.69, 9.17) is 16.3 Å². The number of hydrogen-bond acceptors (Lipinski definition) is 4. The highest BCUT2D eigenvalue weighted by atomic mass is 35.5. The van der Waals surface area contributed by atoms with Crippen LogP contribution in [0.5, 0.6) is 0 Å². The zero-order valence-corrected chi connectivity index (χ0v) is 11.0. The molecule has 1 saturated heterocycles. The second-order valence-corrected chi connectivity index (χ2v) is 4.99. The van der Waals surface area contributed by atoms with E-state index in [1.807, 2.05) is 0 Å². The summed E-state index contributed by atoms with van der Waals surface area (Å²) < 4.78 is 5.54. The maximum absolute atomic E-state index is 5.97. The normalized spacial score (nSPS) is 19.9. The van der Waals surface area contributed by atoms with Crippen molar-refractivity contribution in [1.29, 1.82) is 0 Å². The van der Waals surface area contributed by atoms with Crippen molar-refractivity contribution in [1.82, 2.24) is 9.97 Å². The van der Waals surface area contributed by atoms with Crippen molar-refractivity contribution >= 4 is 17.4 Å². The van der Waals surface area contributed by atoms with Crippen LogP contribution in [0.25, 0.3) is 0 Å². The molecule has 1 atom stereocenters. The lowest BCUT2D eigenvalue weighted by Crippen LogP contribution is -2.19. The minimum atomic E-state index is 0.275. The van der Waals surface area contributed by atoms with E-state index >= 15 is 0 Å². The summed E-state index contributed by atoms with van der Waals surface area (Å²) in [6.45, 7) is 5.75. The van der Waals surface area contributed by atoms with Crippen LogP contribution in [0.1, 0.15) is 38.4 Å². The molecule has 5 heteroatoms. The van der Waals surface area contributed by atoms with E-state index in [1.165, 1.54) is 0 Å². The molecule has 1 aromatic heterocycles. The molecule has 1 aromatic rings. The maximum atomic E-state index is 5.97. The molecule has 4 nitrogen and oxygen atoms in total. The summed E-state index contributed by atoms with van der Waals surface area (Å²) in [4.78, 5) is 8.63. The molecule has 17 heavy (non-hydrogen) atoms. The fourth-order valence-electron chi connectivity index (χ4n) is 1.81. The predicted octanol–water partition coefficient (Wildman–Crippen LogP) is 2.84. The molecule has 0 aliphatic carbocycles. The van der Waals surface area contributed by atoms with Crippen LogP contribution >= 0.6 is 11.6 Å². The van der Waals surface area contributed by atoms with Crippen LogP contribution in [0, 0.1) is 0 Å². The van der Waals surface area contributed by atoms with Gasteiger partial charge in [0.1, 0.15) is 16.8 Å². The zero-order chi connectivity index (χ0) is 12.3. The zero-order valence-electron chi connectivity index (χ0n) is 10.2. The Bertz CT molecular complexity index is 378. The molecule has 0 radical (unpaired) electrons. The lowest BCUT2D eigenvalue weighted by molar-refractivity contribution is 0.120. The number of halogens is 1. The number of rotatable bonds is 4. The van der Waals surface area contributed by atoms with Crippen molar-refractivity contribution in [3.8, 4) is 0 Å². The Kier molecular flexibility index (Phi) is 4.18. The monoisotopic (exact) mass is 255 g/mol. The molecule has 2 heterocycles. The molecular formula is C12H18ClN3O. The molecule has 94 valence electrons. The fraction of sp³-hybridized carbons (Fsp3) is 0.667. The first kappa shape index (κ1) is 12.6. The summed E-state index contributed by atoms with van der Waals surface area (Å²) in [5, 5.41) is 3.75. The van der Waals surface area contributed by atoms with Gasteiger partial charge in [-0.15, -0.1) is 0 Å². The quantitative estimate of drug-likeness (QED) is 0.841. The number of hydrogen-bond donors (Lipinski definition) is 1. The van der Waals surface area contributed by atoms with Gasteiger partial charge in [0, 0.05) is 25.1 Å². The highest BCUT2D eigenvalue weighted by molar-refractivity contribution is 6.29. The van der Waals surface area contributed by atoms with Crippen LogP contribution in [0.2, 0.25) is 5.15 Å². The van der Waals surface area contributed by atoms with Gasteiger partial charge in [-0.2, -0.15) is 0 Å². The third-order valence-electron chi connectivity index (χ3n) is 2.76. The second-order valence-electron chi connectivity index (χ2n) is 4.60. The number of nitrogens with zero attached hydrogens (tertiary/aromatic N) is 2. The maximum Gasteiger partial charge on any atom is 0.135 e. The van der Waals surface area contributed by atoms with Crippen LogP contribution < -0.4 is 5.32 Å². The Morgan fingerprint density at radius 2 is 2.35 bits per heavy atom. The van der Waals surface area contributed by atoms with Crippen LogP contribution in [0.3, 0.4) is 0 Å². The fourth-order valence-corrected chi connectivity index (χ4v) is 2.00. The Balaban J connectivity index is 1.99. The van der Waals surface area contributed by atoms with E-state index in [2.05, 4.69) is 29.1 Å².